The van der Waals surface area contributed by atoms with E-state index in [4.69, 9.17) is 4.74 Å². The van der Waals surface area contributed by atoms with Gasteiger partial charge in [-0.15, -0.1) is 0 Å². The highest BCUT2D eigenvalue weighted by atomic mass is 127. The van der Waals surface area contributed by atoms with Crippen molar-refractivity contribution in [3.63, 3.8) is 0 Å². The highest BCUT2D eigenvalue weighted by molar-refractivity contribution is 14.1. The molecule has 188 valence electrons. The lowest BCUT2D eigenvalue weighted by Crippen LogP contribution is -2.69. The molecule has 2 fully saturated rings. The summed E-state index contributed by atoms with van der Waals surface area (Å²) in [5.74, 6) is -4.13. The number of esters is 1. The Morgan fingerprint density at radius 3 is 2.46 bits per heavy atom. The average molecular weight is 601 g/mol. The van der Waals surface area contributed by atoms with Crippen LogP contribution in [0.1, 0.15) is 49.4 Å². The summed E-state index contributed by atoms with van der Waals surface area (Å²) in [6.07, 6.45) is 5.62. The molecule has 0 radical (unpaired) electrons. The van der Waals surface area contributed by atoms with Gasteiger partial charge < -0.3 is 20.3 Å². The highest BCUT2D eigenvalue weighted by Gasteiger charge is 2.49. The van der Waals surface area contributed by atoms with Crippen molar-refractivity contribution >= 4 is 45.8 Å². The largest absolute Gasteiger partial charge is 0.454 e. The topological polar surface area (TPSA) is 70.7 Å². The second-order valence-corrected chi connectivity index (χ2v) is 10.4. The predicted molar refractivity (Wildman–Crippen MR) is 134 cm³/mol. The van der Waals surface area contributed by atoms with Gasteiger partial charge in [0.05, 0.1) is 30.0 Å². The maximum Gasteiger partial charge on any atom is 0.303 e. The zero-order valence-electron chi connectivity index (χ0n) is 19.3. The van der Waals surface area contributed by atoms with E-state index in [0.717, 1.165) is 31.7 Å². The number of anilines is 2. The molecule has 1 saturated heterocycles. The van der Waals surface area contributed by atoms with Crippen molar-refractivity contribution in [1.29, 1.82) is 0 Å². The van der Waals surface area contributed by atoms with Gasteiger partial charge in [0.2, 0.25) is 0 Å². The number of ether oxygens (including phenoxy) is 1. The first kappa shape index (κ1) is 25.7. The summed E-state index contributed by atoms with van der Waals surface area (Å²) >= 11 is 1.93. The SMILES string of the molecule is CC(=O)OC1(CNC2CCCCC2)CN(C(=O)c2ccc(F)c(F)c2Nc2ccc(I)cc2F)C1. The van der Waals surface area contributed by atoms with Crippen molar-refractivity contribution in [2.75, 3.05) is 25.0 Å². The van der Waals surface area contributed by atoms with Crippen LogP contribution in [-0.2, 0) is 9.53 Å². The fourth-order valence-corrected chi connectivity index (χ4v) is 5.15. The molecule has 2 aromatic carbocycles. The molecule has 10 heteroatoms. The van der Waals surface area contributed by atoms with E-state index in [0.29, 0.717) is 16.2 Å². The molecule has 2 aromatic rings. The van der Waals surface area contributed by atoms with Crippen LogP contribution >= 0.6 is 22.6 Å². The standard InChI is InChI=1S/C25H27F3IN3O3/c1-15(33)35-25(12-30-17-5-3-2-4-6-17)13-32(14-25)24(34)18-8-9-19(26)22(28)23(18)31-21-10-7-16(29)11-20(21)27/h7-11,17,30-31H,2-6,12-14H2,1H3. The zero-order chi connectivity index (χ0) is 25.2. The van der Waals surface area contributed by atoms with E-state index in [1.54, 1.807) is 6.07 Å². The number of likely N-dealkylation sites (tertiary alicyclic amines) is 1. The zero-order valence-corrected chi connectivity index (χ0v) is 21.5. The Kier molecular flexibility index (Phi) is 7.89. The van der Waals surface area contributed by atoms with Crippen LogP contribution in [0.4, 0.5) is 24.5 Å². The number of amides is 1. The van der Waals surface area contributed by atoms with Crippen molar-refractivity contribution in [3.05, 3.63) is 56.9 Å². The molecule has 4 rings (SSSR count). The molecule has 1 amide bonds. The van der Waals surface area contributed by atoms with Gasteiger partial charge >= 0.3 is 5.97 Å². The molecular weight excluding hydrogens is 574 g/mol. The van der Waals surface area contributed by atoms with E-state index in [1.165, 1.54) is 36.4 Å². The molecule has 1 aliphatic heterocycles. The Morgan fingerprint density at radius 2 is 1.80 bits per heavy atom. The quantitative estimate of drug-likeness (QED) is 0.340. The predicted octanol–water partition coefficient (Wildman–Crippen LogP) is 5.13. The van der Waals surface area contributed by atoms with Crippen molar-refractivity contribution in [2.45, 2.75) is 50.7 Å². The number of carbonyl (C=O) groups is 2. The second kappa shape index (κ2) is 10.7. The molecule has 0 bridgehead atoms. The van der Waals surface area contributed by atoms with Gasteiger partial charge in [-0.3, -0.25) is 9.59 Å². The lowest BCUT2D eigenvalue weighted by atomic mass is 9.90. The van der Waals surface area contributed by atoms with E-state index in [1.807, 2.05) is 22.6 Å². The van der Waals surface area contributed by atoms with Crippen molar-refractivity contribution < 1.29 is 27.5 Å². The van der Waals surface area contributed by atoms with Crippen LogP contribution in [0.3, 0.4) is 0 Å². The van der Waals surface area contributed by atoms with Crippen LogP contribution < -0.4 is 10.6 Å². The van der Waals surface area contributed by atoms with Crippen molar-refractivity contribution in [2.24, 2.45) is 0 Å². The molecule has 35 heavy (non-hydrogen) atoms. The summed E-state index contributed by atoms with van der Waals surface area (Å²) in [4.78, 5) is 26.4. The van der Waals surface area contributed by atoms with Gasteiger partial charge in [-0.25, -0.2) is 13.2 Å². The van der Waals surface area contributed by atoms with Gasteiger partial charge in [-0.1, -0.05) is 19.3 Å². The summed E-state index contributed by atoms with van der Waals surface area (Å²) in [6, 6.07) is 6.60. The third-order valence-electron chi connectivity index (χ3n) is 6.44. The smallest absolute Gasteiger partial charge is 0.303 e. The van der Waals surface area contributed by atoms with E-state index in [-0.39, 0.29) is 24.3 Å². The third kappa shape index (κ3) is 5.91. The van der Waals surface area contributed by atoms with Crippen LogP contribution in [0.2, 0.25) is 0 Å². The average Bonchev–Trinajstić information content (AvgIpc) is 2.80. The van der Waals surface area contributed by atoms with E-state index >= 15 is 0 Å². The maximum absolute atomic E-state index is 14.7. The van der Waals surface area contributed by atoms with Gasteiger partial charge in [0.1, 0.15) is 5.82 Å². The van der Waals surface area contributed by atoms with Crippen LogP contribution in [0.5, 0.6) is 0 Å². The van der Waals surface area contributed by atoms with E-state index < -0.39 is 40.6 Å². The summed E-state index contributed by atoms with van der Waals surface area (Å²) in [5.41, 5.74) is -1.55. The van der Waals surface area contributed by atoms with Crippen molar-refractivity contribution in [3.8, 4) is 0 Å². The fourth-order valence-electron chi connectivity index (χ4n) is 4.69. The number of rotatable bonds is 7. The fraction of sp³-hybridized carbons (Fsp3) is 0.440. The summed E-state index contributed by atoms with van der Waals surface area (Å²) in [5, 5.41) is 6.00. The number of halogens is 4. The van der Waals surface area contributed by atoms with Gasteiger partial charge in [-0.05, 0) is 65.8 Å². The van der Waals surface area contributed by atoms with Gasteiger partial charge in [0, 0.05) is 23.1 Å². The molecule has 0 unspecified atom stereocenters. The Labute approximate surface area is 215 Å². The molecule has 1 saturated carbocycles. The molecule has 1 aliphatic carbocycles. The number of hydrogen-bond donors (Lipinski definition) is 2. The first-order valence-electron chi connectivity index (χ1n) is 11.6. The van der Waals surface area contributed by atoms with E-state index in [2.05, 4.69) is 10.6 Å². The lowest BCUT2D eigenvalue weighted by Gasteiger charge is -2.49. The first-order chi connectivity index (χ1) is 16.7. The minimum Gasteiger partial charge on any atom is -0.454 e. The van der Waals surface area contributed by atoms with Crippen LogP contribution in [0.15, 0.2) is 30.3 Å². The maximum atomic E-state index is 14.7. The van der Waals surface area contributed by atoms with Crippen LogP contribution in [0, 0.1) is 21.0 Å². The third-order valence-corrected chi connectivity index (χ3v) is 7.11. The summed E-state index contributed by atoms with van der Waals surface area (Å²) in [7, 11) is 0. The number of benzene rings is 2. The number of hydrogen-bond acceptors (Lipinski definition) is 5. The Hall–Kier alpha value is -2.34. The summed E-state index contributed by atoms with van der Waals surface area (Å²) in [6.45, 7) is 1.94. The Morgan fingerprint density at radius 1 is 1.09 bits per heavy atom. The number of nitrogens with zero attached hydrogens (tertiary/aromatic N) is 1. The molecule has 0 spiro atoms. The highest BCUT2D eigenvalue weighted by Crippen LogP contribution is 2.33. The molecule has 1 heterocycles. The molecule has 0 aromatic heterocycles. The van der Waals surface area contributed by atoms with Crippen LogP contribution in [0.25, 0.3) is 0 Å². The monoisotopic (exact) mass is 601 g/mol. The first-order valence-corrected chi connectivity index (χ1v) is 12.7. The second-order valence-electron chi connectivity index (χ2n) is 9.19. The van der Waals surface area contributed by atoms with Crippen LogP contribution in [-0.4, -0.2) is 48.1 Å². The number of nitrogens with one attached hydrogen (secondary N) is 2. The normalized spacial score (nSPS) is 17.6. The van der Waals surface area contributed by atoms with Gasteiger partial charge in [-0.2, -0.15) is 0 Å². The molecule has 0 atom stereocenters. The molecule has 6 nitrogen and oxygen atoms in total. The molecule has 2 aliphatic rings. The van der Waals surface area contributed by atoms with Gasteiger partial charge in [0.25, 0.3) is 5.91 Å². The Bertz CT molecular complexity index is 1120. The number of carbonyl (C=O) groups excluding carboxylic acids is 2. The van der Waals surface area contributed by atoms with E-state index in [9.17, 15) is 22.8 Å². The molecular formula is C25H27F3IN3O3. The minimum atomic E-state index is -1.28. The van der Waals surface area contributed by atoms with Crippen molar-refractivity contribution in [1.82, 2.24) is 10.2 Å². The Balaban J connectivity index is 1.52. The lowest BCUT2D eigenvalue weighted by molar-refractivity contribution is -0.172. The van der Waals surface area contributed by atoms with Gasteiger partial charge in [0.15, 0.2) is 17.2 Å². The molecule has 2 N–H and O–H groups in total. The minimum absolute atomic E-state index is 0.0847. The summed E-state index contributed by atoms with van der Waals surface area (Å²) < 4.78 is 49.3.